The van der Waals surface area contributed by atoms with E-state index in [1.165, 1.54) is 212 Å². The molecule has 0 saturated carbocycles. The van der Waals surface area contributed by atoms with Crippen LogP contribution in [0.25, 0.3) is 0 Å². The normalized spacial score (nSPS) is 14.0. The van der Waals surface area contributed by atoms with Crippen molar-refractivity contribution in [2.75, 3.05) is 39.6 Å². The molecule has 0 rings (SSSR count). The van der Waals surface area contributed by atoms with Crippen LogP contribution in [-0.2, 0) is 65.4 Å². The molecule has 3 N–H and O–H groups in total. The average Bonchev–Trinajstić information content (AvgIpc) is 2.89. The smallest absolute Gasteiger partial charge is 0.462 e. The highest BCUT2D eigenvalue weighted by molar-refractivity contribution is 7.47. The molecule has 0 aromatic carbocycles. The number of esters is 4. The largest absolute Gasteiger partial charge is 0.472 e. The second-order valence-electron chi connectivity index (χ2n) is 27.2. The van der Waals surface area contributed by atoms with Crippen LogP contribution in [0.4, 0.5) is 0 Å². The van der Waals surface area contributed by atoms with Crippen molar-refractivity contribution >= 4 is 39.5 Å². The van der Waals surface area contributed by atoms with Crippen LogP contribution >= 0.6 is 15.6 Å². The summed E-state index contributed by atoms with van der Waals surface area (Å²) >= 11 is 0. The third kappa shape index (κ3) is 68.4. The van der Waals surface area contributed by atoms with Crippen molar-refractivity contribution in [3.63, 3.8) is 0 Å². The monoisotopic (exact) mass is 1370 g/mol. The standard InChI is InChI=1S/C74H144O17P2/c1-6-9-12-15-18-21-24-32-37-42-47-52-57-71(76)84-63-69(90-73(78)59-54-49-44-39-34-26-23-20-17-14-11-8-3)65-88-92(80,81)86-61-68(75)62-87-93(82,83)89-66-70(64-85-72(77)58-53-48-43-38-33-25-22-19-16-13-10-7-2)91-74(79)60-55-50-45-40-35-30-28-27-29-31-36-41-46-51-56-67(4)5/h67-70,75H,6-66H2,1-5H3,(H,80,81)(H,82,83)/t68-,69+,70+/m0/s1. The van der Waals surface area contributed by atoms with E-state index < -0.39 is 97.5 Å². The maximum absolute atomic E-state index is 13.1. The van der Waals surface area contributed by atoms with Gasteiger partial charge in [0.1, 0.15) is 19.3 Å². The van der Waals surface area contributed by atoms with Crippen molar-refractivity contribution in [3.05, 3.63) is 0 Å². The highest BCUT2D eigenvalue weighted by Gasteiger charge is 2.30. The maximum atomic E-state index is 13.1. The Morgan fingerprint density at radius 2 is 0.495 bits per heavy atom. The number of hydrogen-bond donors (Lipinski definition) is 3. The summed E-state index contributed by atoms with van der Waals surface area (Å²) in [5.41, 5.74) is 0. The Bertz CT molecular complexity index is 1790. The summed E-state index contributed by atoms with van der Waals surface area (Å²) in [6, 6.07) is 0. The van der Waals surface area contributed by atoms with Gasteiger partial charge in [0.15, 0.2) is 12.2 Å². The molecule has 0 saturated heterocycles. The molecular formula is C74H144O17P2. The van der Waals surface area contributed by atoms with E-state index in [9.17, 15) is 43.2 Å². The minimum atomic E-state index is -4.95. The molecule has 552 valence electrons. The van der Waals surface area contributed by atoms with E-state index >= 15 is 0 Å². The van der Waals surface area contributed by atoms with E-state index in [-0.39, 0.29) is 25.7 Å². The number of ether oxygens (including phenoxy) is 4. The number of phosphoric ester groups is 2. The van der Waals surface area contributed by atoms with Crippen LogP contribution in [0, 0.1) is 5.92 Å². The molecule has 19 heteroatoms. The minimum Gasteiger partial charge on any atom is -0.462 e. The van der Waals surface area contributed by atoms with Gasteiger partial charge in [0, 0.05) is 25.7 Å². The van der Waals surface area contributed by atoms with E-state index in [4.69, 9.17) is 37.0 Å². The van der Waals surface area contributed by atoms with Gasteiger partial charge in [-0.15, -0.1) is 0 Å². The van der Waals surface area contributed by atoms with Crippen LogP contribution in [0.1, 0.15) is 388 Å². The number of hydrogen-bond acceptors (Lipinski definition) is 15. The van der Waals surface area contributed by atoms with Crippen LogP contribution in [-0.4, -0.2) is 96.7 Å². The van der Waals surface area contributed by atoms with Crippen LogP contribution in [0.5, 0.6) is 0 Å². The first-order valence-electron chi connectivity index (χ1n) is 38.6. The number of rotatable bonds is 74. The molecule has 0 spiro atoms. The molecule has 0 fully saturated rings. The van der Waals surface area contributed by atoms with E-state index in [0.717, 1.165) is 95.8 Å². The molecule has 0 aliphatic heterocycles. The van der Waals surface area contributed by atoms with Gasteiger partial charge in [-0.25, -0.2) is 9.13 Å². The molecule has 0 aliphatic rings. The van der Waals surface area contributed by atoms with Crippen LogP contribution in [0.15, 0.2) is 0 Å². The fourth-order valence-corrected chi connectivity index (χ4v) is 12.9. The molecule has 93 heavy (non-hydrogen) atoms. The molecule has 0 heterocycles. The van der Waals surface area contributed by atoms with Crippen molar-refractivity contribution in [2.24, 2.45) is 5.92 Å². The van der Waals surface area contributed by atoms with Crippen LogP contribution < -0.4 is 0 Å². The maximum Gasteiger partial charge on any atom is 0.472 e. The summed E-state index contributed by atoms with van der Waals surface area (Å²) in [7, 11) is -9.91. The fourth-order valence-electron chi connectivity index (χ4n) is 11.4. The first-order chi connectivity index (χ1) is 45.0. The summed E-state index contributed by atoms with van der Waals surface area (Å²) in [4.78, 5) is 72.7. The first-order valence-corrected chi connectivity index (χ1v) is 41.6. The molecule has 17 nitrogen and oxygen atoms in total. The Hall–Kier alpha value is -1.94. The zero-order valence-electron chi connectivity index (χ0n) is 60.4. The van der Waals surface area contributed by atoms with Gasteiger partial charge in [-0.1, -0.05) is 336 Å². The Kier molecular flexibility index (Phi) is 65.9. The van der Waals surface area contributed by atoms with Gasteiger partial charge in [0.05, 0.1) is 26.4 Å². The van der Waals surface area contributed by atoms with E-state index in [1.54, 1.807) is 0 Å². The zero-order chi connectivity index (χ0) is 68.4. The SMILES string of the molecule is CCCCCCCCCCCCCCC(=O)OC[C@H](COP(=O)(O)OC[C@H](O)COP(=O)(O)OC[C@@H](COC(=O)CCCCCCCCCCCCCC)OC(=O)CCCCCCCCCCCCCCCCC(C)C)OC(=O)CCCCCCCCCCCCCC. The Morgan fingerprint density at radius 1 is 0.290 bits per heavy atom. The Morgan fingerprint density at radius 3 is 0.731 bits per heavy atom. The Balaban J connectivity index is 5.24. The molecule has 0 aromatic rings. The highest BCUT2D eigenvalue weighted by Crippen LogP contribution is 2.45. The quantitative estimate of drug-likeness (QED) is 0.0222. The average molecular weight is 1370 g/mol. The molecule has 2 unspecified atom stereocenters. The van der Waals surface area contributed by atoms with Gasteiger partial charge in [-0.05, 0) is 31.6 Å². The van der Waals surface area contributed by atoms with Crippen molar-refractivity contribution in [1.29, 1.82) is 0 Å². The second kappa shape index (κ2) is 67.3. The van der Waals surface area contributed by atoms with E-state index in [1.807, 2.05) is 0 Å². The van der Waals surface area contributed by atoms with Gasteiger partial charge < -0.3 is 33.8 Å². The van der Waals surface area contributed by atoms with Gasteiger partial charge in [0.2, 0.25) is 0 Å². The summed E-state index contributed by atoms with van der Waals surface area (Å²) in [5, 5.41) is 10.6. The number of unbranched alkanes of at least 4 members (excludes halogenated alkanes) is 46. The number of carbonyl (C=O) groups excluding carboxylic acids is 4. The van der Waals surface area contributed by atoms with Crippen molar-refractivity contribution in [2.45, 2.75) is 406 Å². The number of carbonyl (C=O) groups is 4. The molecule has 0 bridgehead atoms. The van der Waals surface area contributed by atoms with Crippen LogP contribution in [0.2, 0.25) is 0 Å². The molecular weight excluding hydrogens is 1220 g/mol. The van der Waals surface area contributed by atoms with Gasteiger partial charge >= 0.3 is 39.5 Å². The lowest BCUT2D eigenvalue weighted by Crippen LogP contribution is -2.30. The Labute approximate surface area is 568 Å². The molecule has 5 atom stereocenters. The molecule has 0 radical (unpaired) electrons. The number of aliphatic hydroxyl groups excluding tert-OH is 1. The molecule has 0 amide bonds. The summed E-state index contributed by atoms with van der Waals surface area (Å²) in [6.45, 7) is 7.30. The fraction of sp³-hybridized carbons (Fsp3) is 0.946. The van der Waals surface area contributed by atoms with Crippen LogP contribution in [0.3, 0.4) is 0 Å². The van der Waals surface area contributed by atoms with Crippen molar-refractivity contribution in [3.8, 4) is 0 Å². The lowest BCUT2D eigenvalue weighted by Gasteiger charge is -2.21. The predicted molar refractivity (Wildman–Crippen MR) is 377 cm³/mol. The van der Waals surface area contributed by atoms with Gasteiger partial charge in [0.25, 0.3) is 0 Å². The summed E-state index contributed by atoms with van der Waals surface area (Å²) < 4.78 is 68.5. The lowest BCUT2D eigenvalue weighted by atomic mass is 10.0. The zero-order valence-corrected chi connectivity index (χ0v) is 62.2. The first kappa shape index (κ1) is 91.1. The second-order valence-corrected chi connectivity index (χ2v) is 30.1. The highest BCUT2D eigenvalue weighted by atomic mass is 31.2. The van der Waals surface area contributed by atoms with Gasteiger partial charge in [-0.2, -0.15) is 0 Å². The molecule has 0 aliphatic carbocycles. The third-order valence-electron chi connectivity index (χ3n) is 17.3. The lowest BCUT2D eigenvalue weighted by molar-refractivity contribution is -0.161. The number of phosphoric acid groups is 2. The van der Waals surface area contributed by atoms with E-state index in [0.29, 0.717) is 25.7 Å². The van der Waals surface area contributed by atoms with Crippen molar-refractivity contribution < 1.29 is 80.2 Å². The molecule has 0 aromatic heterocycles. The van der Waals surface area contributed by atoms with E-state index in [2.05, 4.69) is 34.6 Å². The number of aliphatic hydroxyl groups is 1. The summed E-state index contributed by atoms with van der Waals surface area (Å²) in [5.74, 6) is -1.32. The minimum absolute atomic E-state index is 0.108. The van der Waals surface area contributed by atoms with Gasteiger partial charge in [-0.3, -0.25) is 37.3 Å². The van der Waals surface area contributed by atoms with Crippen molar-refractivity contribution in [1.82, 2.24) is 0 Å². The topological polar surface area (TPSA) is 237 Å². The predicted octanol–water partition coefficient (Wildman–Crippen LogP) is 21.7. The summed E-state index contributed by atoms with van der Waals surface area (Å²) in [6.07, 6.45) is 55.2. The third-order valence-corrected chi connectivity index (χ3v) is 19.2.